The summed E-state index contributed by atoms with van der Waals surface area (Å²) < 4.78 is 27.2. The Kier molecular flexibility index (Phi) is 5.46. The van der Waals surface area contributed by atoms with Crippen molar-refractivity contribution < 1.29 is 8.42 Å². The number of hydrogen-bond donors (Lipinski definition) is 2. The Morgan fingerprint density at radius 3 is 2.86 bits per heavy atom. The van der Waals surface area contributed by atoms with Gasteiger partial charge in [0.2, 0.25) is 10.0 Å². The molecule has 0 saturated carbocycles. The molecular formula is C14H19N3O2S2. The molecule has 0 saturated heterocycles. The summed E-state index contributed by atoms with van der Waals surface area (Å²) in [5, 5.41) is 5.84. The van der Waals surface area contributed by atoms with Gasteiger partial charge in [0.15, 0.2) is 0 Å². The van der Waals surface area contributed by atoms with E-state index >= 15 is 0 Å². The first kappa shape index (κ1) is 16.1. The predicted molar refractivity (Wildman–Crippen MR) is 84.7 cm³/mol. The summed E-state index contributed by atoms with van der Waals surface area (Å²) >= 11 is 1.43. The third-order valence-electron chi connectivity index (χ3n) is 3.08. The molecule has 0 amide bonds. The number of benzene rings is 1. The fourth-order valence-corrected chi connectivity index (χ4v) is 3.65. The van der Waals surface area contributed by atoms with Gasteiger partial charge >= 0.3 is 0 Å². The molecule has 1 unspecified atom stereocenters. The molecule has 0 spiro atoms. The Hall–Kier alpha value is -1.28. The monoisotopic (exact) mass is 325 g/mol. The molecule has 0 aliphatic rings. The molecule has 5 nitrogen and oxygen atoms in total. The minimum absolute atomic E-state index is 0.115. The molecular weight excluding hydrogens is 306 g/mol. The zero-order valence-electron chi connectivity index (χ0n) is 12.0. The standard InChI is InChI=1S/C14H19N3O2S2/c1-3-15-11(2)12-5-4-6-13(9-12)21(18,19)17-10-14-16-7-8-20-14/h4-9,11,15,17H,3,10H2,1-2H3. The molecule has 1 aromatic carbocycles. The van der Waals surface area contributed by atoms with Gasteiger partial charge in [-0.3, -0.25) is 0 Å². The van der Waals surface area contributed by atoms with Crippen molar-refractivity contribution in [3.8, 4) is 0 Å². The molecule has 2 aromatic rings. The van der Waals surface area contributed by atoms with E-state index < -0.39 is 10.0 Å². The minimum atomic E-state index is -3.52. The topological polar surface area (TPSA) is 71.1 Å². The second-order valence-corrected chi connectivity index (χ2v) is 7.35. The van der Waals surface area contributed by atoms with E-state index in [9.17, 15) is 8.42 Å². The summed E-state index contributed by atoms with van der Waals surface area (Å²) in [4.78, 5) is 4.34. The van der Waals surface area contributed by atoms with Crippen LogP contribution in [0.3, 0.4) is 0 Å². The van der Waals surface area contributed by atoms with Gasteiger partial charge in [0.1, 0.15) is 5.01 Å². The second-order valence-electron chi connectivity index (χ2n) is 4.60. The van der Waals surface area contributed by atoms with Crippen LogP contribution in [0.1, 0.15) is 30.5 Å². The van der Waals surface area contributed by atoms with Crippen molar-refractivity contribution in [3.05, 3.63) is 46.4 Å². The summed E-state index contributed by atoms with van der Waals surface area (Å²) in [6, 6.07) is 7.11. The van der Waals surface area contributed by atoms with Gasteiger partial charge in [-0.1, -0.05) is 19.1 Å². The van der Waals surface area contributed by atoms with Gasteiger partial charge in [-0.25, -0.2) is 18.1 Å². The number of thiazole rings is 1. The number of rotatable bonds is 7. The van der Waals surface area contributed by atoms with Gasteiger partial charge in [-0.2, -0.15) is 0 Å². The van der Waals surface area contributed by atoms with Crippen LogP contribution in [-0.2, 0) is 16.6 Å². The maximum atomic E-state index is 12.3. The Bertz CT molecular complexity index is 669. The zero-order chi connectivity index (χ0) is 15.3. The lowest BCUT2D eigenvalue weighted by molar-refractivity contribution is 0.578. The van der Waals surface area contributed by atoms with Crippen LogP contribution < -0.4 is 10.0 Å². The van der Waals surface area contributed by atoms with Gasteiger partial charge in [-0.05, 0) is 31.2 Å². The third-order valence-corrected chi connectivity index (χ3v) is 5.25. The van der Waals surface area contributed by atoms with Crippen LogP contribution in [0.15, 0.2) is 40.7 Å². The van der Waals surface area contributed by atoms with E-state index in [1.54, 1.807) is 24.4 Å². The van der Waals surface area contributed by atoms with E-state index in [0.29, 0.717) is 0 Å². The minimum Gasteiger partial charge on any atom is -0.310 e. The predicted octanol–water partition coefficient (Wildman–Crippen LogP) is 2.29. The van der Waals surface area contributed by atoms with Gasteiger partial charge in [-0.15, -0.1) is 11.3 Å². The molecule has 114 valence electrons. The molecule has 0 fully saturated rings. The van der Waals surface area contributed by atoms with E-state index in [2.05, 4.69) is 15.0 Å². The fourth-order valence-electron chi connectivity index (χ4n) is 1.96. The average Bonchev–Trinajstić information content (AvgIpc) is 2.99. The molecule has 0 aliphatic carbocycles. The number of nitrogens with zero attached hydrogens (tertiary/aromatic N) is 1. The molecule has 1 aromatic heterocycles. The normalized spacial score (nSPS) is 13.2. The molecule has 0 aliphatic heterocycles. The van der Waals surface area contributed by atoms with Crippen LogP contribution in [0.4, 0.5) is 0 Å². The lowest BCUT2D eigenvalue weighted by Crippen LogP contribution is -2.24. The van der Waals surface area contributed by atoms with Crippen LogP contribution in [0.2, 0.25) is 0 Å². The smallest absolute Gasteiger partial charge is 0.240 e. The Morgan fingerprint density at radius 1 is 1.38 bits per heavy atom. The number of nitrogens with one attached hydrogen (secondary N) is 2. The van der Waals surface area contributed by atoms with Crippen molar-refractivity contribution in [3.63, 3.8) is 0 Å². The molecule has 1 heterocycles. The first-order valence-corrected chi connectivity index (χ1v) is 9.10. The lowest BCUT2D eigenvalue weighted by atomic mass is 10.1. The van der Waals surface area contributed by atoms with E-state index in [-0.39, 0.29) is 17.5 Å². The molecule has 0 bridgehead atoms. The first-order valence-electron chi connectivity index (χ1n) is 6.74. The quantitative estimate of drug-likeness (QED) is 0.819. The maximum Gasteiger partial charge on any atom is 0.240 e. The van der Waals surface area contributed by atoms with Crippen LogP contribution in [0.5, 0.6) is 0 Å². The molecule has 0 radical (unpaired) electrons. The molecule has 2 N–H and O–H groups in total. The Labute approximate surface area is 129 Å². The molecule has 21 heavy (non-hydrogen) atoms. The average molecular weight is 325 g/mol. The summed E-state index contributed by atoms with van der Waals surface area (Å²) in [5.74, 6) is 0. The van der Waals surface area contributed by atoms with Crippen molar-refractivity contribution in [2.75, 3.05) is 6.54 Å². The highest BCUT2D eigenvalue weighted by Gasteiger charge is 2.16. The summed E-state index contributed by atoms with van der Waals surface area (Å²) in [6.45, 7) is 5.08. The van der Waals surface area contributed by atoms with Crippen LogP contribution >= 0.6 is 11.3 Å². The van der Waals surface area contributed by atoms with Gasteiger partial charge in [0.05, 0.1) is 11.4 Å². The molecule has 1 atom stereocenters. The van der Waals surface area contributed by atoms with Crippen LogP contribution in [-0.4, -0.2) is 19.9 Å². The molecule has 2 rings (SSSR count). The number of aromatic nitrogens is 1. The van der Waals surface area contributed by atoms with E-state index in [0.717, 1.165) is 17.1 Å². The summed E-state index contributed by atoms with van der Waals surface area (Å²) in [5.41, 5.74) is 0.953. The van der Waals surface area contributed by atoms with Crippen molar-refractivity contribution in [1.29, 1.82) is 0 Å². The van der Waals surface area contributed by atoms with Crippen LogP contribution in [0.25, 0.3) is 0 Å². The Balaban J connectivity index is 2.14. The summed E-state index contributed by atoms with van der Waals surface area (Å²) in [7, 11) is -3.52. The highest BCUT2D eigenvalue weighted by atomic mass is 32.2. The lowest BCUT2D eigenvalue weighted by Gasteiger charge is -2.14. The highest BCUT2D eigenvalue weighted by molar-refractivity contribution is 7.89. The van der Waals surface area contributed by atoms with Crippen molar-refractivity contribution >= 4 is 21.4 Å². The van der Waals surface area contributed by atoms with E-state index in [1.807, 2.05) is 25.3 Å². The molecule has 7 heteroatoms. The third kappa shape index (κ3) is 4.34. The zero-order valence-corrected chi connectivity index (χ0v) is 13.7. The van der Waals surface area contributed by atoms with Crippen LogP contribution in [0, 0.1) is 0 Å². The summed E-state index contributed by atoms with van der Waals surface area (Å²) in [6.07, 6.45) is 1.66. The maximum absolute atomic E-state index is 12.3. The SMILES string of the molecule is CCNC(C)c1cccc(S(=O)(=O)NCc2nccs2)c1. The number of sulfonamides is 1. The highest BCUT2D eigenvalue weighted by Crippen LogP contribution is 2.17. The first-order chi connectivity index (χ1) is 10.0. The second kappa shape index (κ2) is 7.13. The fraction of sp³-hybridized carbons (Fsp3) is 0.357. The van der Waals surface area contributed by atoms with Crippen molar-refractivity contribution in [1.82, 2.24) is 15.0 Å². The Morgan fingerprint density at radius 2 is 2.19 bits per heavy atom. The van der Waals surface area contributed by atoms with E-state index in [1.165, 1.54) is 11.3 Å². The van der Waals surface area contributed by atoms with Gasteiger partial charge in [0, 0.05) is 17.6 Å². The van der Waals surface area contributed by atoms with Crippen molar-refractivity contribution in [2.24, 2.45) is 0 Å². The van der Waals surface area contributed by atoms with E-state index in [4.69, 9.17) is 0 Å². The largest absolute Gasteiger partial charge is 0.310 e. The van der Waals surface area contributed by atoms with Gasteiger partial charge < -0.3 is 5.32 Å². The van der Waals surface area contributed by atoms with Gasteiger partial charge in [0.25, 0.3) is 0 Å². The van der Waals surface area contributed by atoms with Crippen molar-refractivity contribution in [2.45, 2.75) is 31.3 Å². The number of hydrogen-bond acceptors (Lipinski definition) is 5.